The van der Waals surface area contributed by atoms with E-state index in [1.807, 2.05) is 4.40 Å². The number of fused-ring (bicyclic) bond motifs is 3. The summed E-state index contributed by atoms with van der Waals surface area (Å²) in [5.74, 6) is -0.287. The average Bonchev–Trinajstić information content (AvgIpc) is 3.03. The second kappa shape index (κ2) is 4.77. The first-order valence-electron chi connectivity index (χ1n) is 7.02. The Morgan fingerprint density at radius 2 is 1.95 bits per heavy atom. The van der Waals surface area contributed by atoms with Crippen molar-refractivity contribution in [1.82, 2.24) is 9.38 Å². The van der Waals surface area contributed by atoms with Crippen molar-refractivity contribution in [2.24, 2.45) is 0 Å². The van der Waals surface area contributed by atoms with E-state index in [0.29, 0.717) is 11.4 Å². The lowest BCUT2D eigenvalue weighted by Crippen LogP contribution is -2.04. The summed E-state index contributed by atoms with van der Waals surface area (Å²) in [6.07, 6.45) is 5.29. The second-order valence-corrected chi connectivity index (χ2v) is 6.33. The molecule has 0 saturated heterocycles. The zero-order valence-electron chi connectivity index (χ0n) is 11.3. The second-order valence-electron chi connectivity index (χ2n) is 5.27. The number of imidazole rings is 1. The van der Waals surface area contributed by atoms with Gasteiger partial charge < -0.3 is 0 Å². The van der Waals surface area contributed by atoms with Crippen LogP contribution < -0.4 is 0 Å². The van der Waals surface area contributed by atoms with Gasteiger partial charge in [0.2, 0.25) is 0 Å². The summed E-state index contributed by atoms with van der Waals surface area (Å²) in [6.45, 7) is 0. The van der Waals surface area contributed by atoms with Gasteiger partial charge in [0, 0.05) is 16.1 Å². The number of thiazole rings is 1. The number of carbonyl (C=O) groups is 1. The minimum absolute atomic E-state index is 0.287. The molecular formula is C16H13FN2OS. The zero-order chi connectivity index (χ0) is 14.4. The molecule has 0 N–H and O–H groups in total. The summed E-state index contributed by atoms with van der Waals surface area (Å²) in [7, 11) is 0. The summed E-state index contributed by atoms with van der Waals surface area (Å²) in [5.41, 5.74) is 3.23. The Labute approximate surface area is 125 Å². The largest absolute Gasteiger partial charge is 0.296 e. The van der Waals surface area contributed by atoms with Gasteiger partial charge in [0.25, 0.3) is 0 Å². The number of rotatable bonds is 2. The fraction of sp³-hybridized carbons (Fsp3) is 0.250. The van der Waals surface area contributed by atoms with E-state index in [4.69, 9.17) is 0 Å². The van der Waals surface area contributed by atoms with Crippen molar-refractivity contribution in [3.8, 4) is 11.3 Å². The number of halogens is 1. The zero-order valence-corrected chi connectivity index (χ0v) is 12.1. The maximum atomic E-state index is 13.1. The molecule has 21 heavy (non-hydrogen) atoms. The molecule has 3 nitrogen and oxygen atoms in total. The molecule has 0 radical (unpaired) electrons. The topological polar surface area (TPSA) is 34.4 Å². The van der Waals surface area contributed by atoms with E-state index in [-0.39, 0.29) is 5.82 Å². The van der Waals surface area contributed by atoms with Gasteiger partial charge in [-0.1, -0.05) is 0 Å². The van der Waals surface area contributed by atoms with Gasteiger partial charge in [-0.3, -0.25) is 9.20 Å². The van der Waals surface area contributed by atoms with Crippen LogP contribution in [0.1, 0.15) is 33.9 Å². The van der Waals surface area contributed by atoms with Crippen LogP contribution in [0.4, 0.5) is 4.39 Å². The molecule has 1 aliphatic rings. The molecule has 106 valence electrons. The van der Waals surface area contributed by atoms with E-state index >= 15 is 0 Å². The Balaban J connectivity index is 1.96. The monoisotopic (exact) mass is 300 g/mol. The highest BCUT2D eigenvalue weighted by atomic mass is 32.1. The van der Waals surface area contributed by atoms with Crippen molar-refractivity contribution in [2.75, 3.05) is 0 Å². The van der Waals surface area contributed by atoms with Crippen LogP contribution in [0.3, 0.4) is 0 Å². The van der Waals surface area contributed by atoms with Gasteiger partial charge in [-0.05, 0) is 49.9 Å². The Kier molecular flexibility index (Phi) is 2.89. The third-order valence-corrected chi connectivity index (χ3v) is 5.13. The molecule has 0 amide bonds. The summed E-state index contributed by atoms with van der Waals surface area (Å²) in [6, 6.07) is 6.13. The molecule has 0 spiro atoms. The number of benzene rings is 1. The molecule has 0 fully saturated rings. The number of hydrogen-bond donors (Lipinski definition) is 0. The summed E-state index contributed by atoms with van der Waals surface area (Å²) >= 11 is 1.67. The number of aryl methyl sites for hydroxylation is 2. The van der Waals surface area contributed by atoms with Crippen LogP contribution in [0.25, 0.3) is 16.2 Å². The smallest absolute Gasteiger partial charge is 0.195 e. The molecular weight excluding hydrogens is 287 g/mol. The van der Waals surface area contributed by atoms with Crippen LogP contribution in [0, 0.1) is 5.82 Å². The molecule has 1 aromatic carbocycles. The molecule has 2 aromatic heterocycles. The van der Waals surface area contributed by atoms with Crippen molar-refractivity contribution < 1.29 is 9.18 Å². The fourth-order valence-electron chi connectivity index (χ4n) is 2.99. The maximum Gasteiger partial charge on any atom is 0.195 e. The van der Waals surface area contributed by atoms with Gasteiger partial charge in [0.15, 0.2) is 11.2 Å². The van der Waals surface area contributed by atoms with Crippen LogP contribution in [0.15, 0.2) is 24.3 Å². The summed E-state index contributed by atoms with van der Waals surface area (Å²) in [4.78, 5) is 18.4. The number of hydrogen-bond acceptors (Lipinski definition) is 3. The quantitative estimate of drug-likeness (QED) is 0.673. The first-order chi connectivity index (χ1) is 10.3. The van der Waals surface area contributed by atoms with Crippen molar-refractivity contribution in [3.63, 3.8) is 0 Å². The van der Waals surface area contributed by atoms with Gasteiger partial charge in [-0.25, -0.2) is 9.37 Å². The van der Waals surface area contributed by atoms with Gasteiger partial charge in [0.05, 0.1) is 0 Å². The minimum Gasteiger partial charge on any atom is -0.296 e. The van der Waals surface area contributed by atoms with Crippen molar-refractivity contribution in [3.05, 3.63) is 46.3 Å². The molecule has 5 heteroatoms. The van der Waals surface area contributed by atoms with Crippen molar-refractivity contribution in [2.45, 2.75) is 25.7 Å². The third-order valence-electron chi connectivity index (χ3n) is 3.99. The molecule has 0 bridgehead atoms. The minimum atomic E-state index is -0.287. The first-order valence-corrected chi connectivity index (χ1v) is 7.83. The lowest BCUT2D eigenvalue weighted by Gasteiger charge is -2.11. The Morgan fingerprint density at radius 1 is 1.19 bits per heavy atom. The molecule has 0 unspecified atom stereocenters. The van der Waals surface area contributed by atoms with E-state index in [9.17, 15) is 9.18 Å². The van der Waals surface area contributed by atoms with E-state index in [2.05, 4.69) is 4.98 Å². The molecule has 4 rings (SSSR count). The standard InChI is InChI=1S/C16H13FN2OS/c17-11-7-5-10(6-8-11)15-13(9-20)19-12-3-1-2-4-14(12)21-16(19)18-15/h5-9H,1-4H2. The lowest BCUT2D eigenvalue weighted by molar-refractivity contribution is 0.111. The SMILES string of the molecule is O=Cc1c(-c2ccc(F)cc2)nc2sc3c(n12)CCCC3. The molecule has 0 atom stereocenters. The number of aldehydes is 1. The molecule has 1 aliphatic carbocycles. The number of carbonyl (C=O) groups excluding carboxylic acids is 1. The highest BCUT2D eigenvalue weighted by Gasteiger charge is 2.22. The van der Waals surface area contributed by atoms with Gasteiger partial charge in [-0.15, -0.1) is 11.3 Å². The molecule has 2 heterocycles. The van der Waals surface area contributed by atoms with Crippen LogP contribution in [0.2, 0.25) is 0 Å². The predicted octanol–water partition coefficient (Wildman–Crippen LogP) is 3.89. The number of nitrogens with zero attached hydrogens (tertiary/aromatic N) is 2. The van der Waals surface area contributed by atoms with Crippen molar-refractivity contribution >= 4 is 22.6 Å². The average molecular weight is 300 g/mol. The maximum absolute atomic E-state index is 13.1. The fourth-order valence-corrected chi connectivity index (χ4v) is 4.20. The van der Waals surface area contributed by atoms with Gasteiger partial charge >= 0.3 is 0 Å². The van der Waals surface area contributed by atoms with Crippen LogP contribution in [-0.2, 0) is 12.8 Å². The molecule has 0 saturated carbocycles. The molecule has 0 aliphatic heterocycles. The van der Waals surface area contributed by atoms with Crippen LogP contribution in [0.5, 0.6) is 0 Å². The highest BCUT2D eigenvalue weighted by molar-refractivity contribution is 7.17. The summed E-state index contributed by atoms with van der Waals surface area (Å²) in [5, 5.41) is 0. The Bertz CT molecular complexity index is 832. The number of aromatic nitrogens is 2. The predicted molar refractivity (Wildman–Crippen MR) is 80.5 cm³/mol. The van der Waals surface area contributed by atoms with E-state index in [1.165, 1.54) is 29.1 Å². The highest BCUT2D eigenvalue weighted by Crippen LogP contribution is 2.34. The van der Waals surface area contributed by atoms with E-state index in [1.54, 1.807) is 23.5 Å². The first kappa shape index (κ1) is 12.7. The van der Waals surface area contributed by atoms with E-state index in [0.717, 1.165) is 36.1 Å². The van der Waals surface area contributed by atoms with Gasteiger partial charge in [-0.2, -0.15) is 0 Å². The van der Waals surface area contributed by atoms with E-state index < -0.39 is 0 Å². The van der Waals surface area contributed by atoms with Crippen LogP contribution in [-0.4, -0.2) is 15.7 Å². The van der Waals surface area contributed by atoms with Gasteiger partial charge in [0.1, 0.15) is 17.2 Å². The Hall–Kier alpha value is -2.01. The Morgan fingerprint density at radius 3 is 2.71 bits per heavy atom. The summed E-state index contributed by atoms with van der Waals surface area (Å²) < 4.78 is 15.1. The normalized spacial score (nSPS) is 14.3. The van der Waals surface area contributed by atoms with Crippen LogP contribution >= 0.6 is 11.3 Å². The van der Waals surface area contributed by atoms with Crippen molar-refractivity contribution in [1.29, 1.82) is 0 Å². The molecule has 3 aromatic rings. The third kappa shape index (κ3) is 1.92. The lowest BCUT2D eigenvalue weighted by atomic mass is 10.0.